The summed E-state index contributed by atoms with van der Waals surface area (Å²) in [6.07, 6.45) is 8.09. The molecule has 47 heavy (non-hydrogen) atoms. The van der Waals surface area contributed by atoms with Gasteiger partial charge in [0.15, 0.2) is 0 Å². The number of nitrogens with zero attached hydrogens (tertiary/aromatic N) is 2. The summed E-state index contributed by atoms with van der Waals surface area (Å²) in [5.41, 5.74) is 7.86. The van der Waals surface area contributed by atoms with E-state index in [4.69, 9.17) is 18.2 Å². The standard InChI is InChI=1S/C20H14N4.C6H5O12S4.Mn/c1-2-14-10-16-5-6-18(23-16)12-20-8-7-19(24-20)11-17-4-3-15(22-17)9-13(1)21-14;7-19(8,9)3-1-2-4(20(10,11)12)6(22(16,17)18)5(3)21(13,14)15;/h1-12,21,24H;1H,(H,7,8,9)(H,10,11,12)(H,13,14,15)(H,16,17,18);. The third kappa shape index (κ3) is 7.93. The van der Waals surface area contributed by atoms with Crippen LogP contribution in [0.2, 0.25) is 0 Å². The van der Waals surface area contributed by atoms with Gasteiger partial charge in [-0.05, 0) is 72.8 Å². The second-order valence-electron chi connectivity index (χ2n) is 9.65. The summed E-state index contributed by atoms with van der Waals surface area (Å²) in [4.78, 5) is 8.18. The Morgan fingerprint density at radius 3 is 1.06 bits per heavy atom. The molecule has 1 aromatic carbocycles. The fourth-order valence-corrected chi connectivity index (χ4v) is 10.0. The van der Waals surface area contributed by atoms with Crippen LogP contribution in [0.25, 0.3) is 46.4 Å². The second-order valence-corrected chi connectivity index (χ2v) is 15.8. The first-order valence-corrected chi connectivity index (χ1v) is 18.8. The summed E-state index contributed by atoms with van der Waals surface area (Å²) in [5.74, 6) is 0. The van der Waals surface area contributed by atoms with E-state index in [1.807, 2.05) is 48.6 Å². The predicted molar refractivity (Wildman–Crippen MR) is 164 cm³/mol. The molecule has 8 bridgehead atoms. The molecule has 2 aliphatic heterocycles. The molecule has 0 spiro atoms. The number of hydrogen-bond acceptors (Lipinski definition) is 10. The Bertz CT molecular complexity index is 2470. The first-order valence-electron chi connectivity index (χ1n) is 12.5. The van der Waals surface area contributed by atoms with Gasteiger partial charge in [0.05, 0.1) is 22.8 Å². The van der Waals surface area contributed by atoms with Gasteiger partial charge < -0.3 is 9.97 Å². The maximum absolute atomic E-state index is 11.3. The molecule has 16 nitrogen and oxygen atoms in total. The summed E-state index contributed by atoms with van der Waals surface area (Å²) < 4.78 is 125. The second kappa shape index (κ2) is 12.2. The van der Waals surface area contributed by atoms with Crippen molar-refractivity contribution < 1.29 is 67.9 Å². The van der Waals surface area contributed by atoms with E-state index < -0.39 is 64.5 Å². The summed E-state index contributed by atoms with van der Waals surface area (Å²) in [6, 6.07) is 16.5. The molecule has 0 saturated heterocycles. The van der Waals surface area contributed by atoms with Crippen LogP contribution in [0.3, 0.4) is 0 Å². The average molecular weight is 763 g/mol. The third-order valence-corrected chi connectivity index (χ3v) is 10.9. The fourth-order valence-electron chi connectivity index (χ4n) is 4.42. The SMILES string of the molecule is C1=Cc2cc3ccc(cc4nc(cc5ccc(cc1n2)[nH]5)C=C4)[nH]3.O=S(=O)(O)c1c[c]([Mn])c(S(=O)(=O)O)c(S(=O)(=O)O)c1S(=O)(=O)O. The van der Waals surface area contributed by atoms with Gasteiger partial charge in [0.1, 0.15) is 0 Å². The van der Waals surface area contributed by atoms with Crippen molar-refractivity contribution in [1.82, 2.24) is 19.9 Å². The molecule has 246 valence electrons. The van der Waals surface area contributed by atoms with Gasteiger partial charge >= 0.3 is 138 Å². The molecule has 6 rings (SSSR count). The molecule has 0 unspecified atom stereocenters. The van der Waals surface area contributed by atoms with Crippen LogP contribution in [0, 0.1) is 0 Å². The summed E-state index contributed by atoms with van der Waals surface area (Å²) in [7, 11) is -22.7. The molecule has 5 heterocycles. The first kappa shape index (κ1) is 34.3. The van der Waals surface area contributed by atoms with E-state index in [-0.39, 0.29) is 6.07 Å². The Kier molecular flexibility index (Phi) is 8.92. The van der Waals surface area contributed by atoms with Crippen molar-refractivity contribution in [2.24, 2.45) is 0 Å². The minimum absolute atomic E-state index is 0.0935. The zero-order valence-corrected chi connectivity index (χ0v) is 27.4. The number of nitrogens with one attached hydrogen (secondary N) is 2. The Labute approximate surface area is 274 Å². The van der Waals surface area contributed by atoms with Crippen molar-refractivity contribution in [3.8, 4) is 0 Å². The Hall–Kier alpha value is -4.02. The molecule has 3 aromatic heterocycles. The van der Waals surface area contributed by atoms with Crippen LogP contribution >= 0.6 is 0 Å². The van der Waals surface area contributed by atoms with Gasteiger partial charge in [-0.15, -0.1) is 0 Å². The summed E-state index contributed by atoms with van der Waals surface area (Å²) in [5, 5.41) is 0. The van der Waals surface area contributed by atoms with E-state index in [9.17, 15) is 33.7 Å². The van der Waals surface area contributed by atoms with Crippen LogP contribution in [-0.2, 0) is 56.5 Å². The number of fused-ring (bicyclic) bond motifs is 8. The molecule has 21 heteroatoms. The van der Waals surface area contributed by atoms with Crippen LogP contribution in [0.5, 0.6) is 0 Å². The summed E-state index contributed by atoms with van der Waals surface area (Å²) in [6.45, 7) is 0. The Morgan fingerprint density at radius 2 is 0.787 bits per heavy atom. The van der Waals surface area contributed by atoms with E-state index in [1.54, 1.807) is 0 Å². The van der Waals surface area contributed by atoms with Crippen molar-refractivity contribution in [2.75, 3.05) is 0 Å². The number of aromatic nitrogens is 4. The van der Waals surface area contributed by atoms with Gasteiger partial charge in [0.25, 0.3) is 0 Å². The monoisotopic (exact) mass is 762 g/mol. The first-order chi connectivity index (χ1) is 21.7. The number of rotatable bonds is 4. The Balaban J connectivity index is 0.000000185. The Morgan fingerprint density at radius 1 is 0.468 bits per heavy atom. The van der Waals surface area contributed by atoms with Crippen molar-refractivity contribution in [3.63, 3.8) is 0 Å². The topological polar surface area (TPSA) is 275 Å². The number of H-pyrrole nitrogens is 2. The number of benzene rings is 1. The molecule has 0 atom stereocenters. The van der Waals surface area contributed by atoms with Crippen LogP contribution in [0.15, 0.2) is 74.2 Å². The molecule has 0 saturated carbocycles. The normalized spacial score (nSPS) is 13.3. The van der Waals surface area contributed by atoms with Crippen LogP contribution < -0.4 is 4.46 Å². The van der Waals surface area contributed by atoms with Gasteiger partial charge in [-0.25, -0.2) is 9.97 Å². The van der Waals surface area contributed by atoms with Crippen LogP contribution in [0.4, 0.5) is 0 Å². The van der Waals surface area contributed by atoms with Crippen molar-refractivity contribution >= 4 is 91.3 Å². The number of hydrogen-bond donors (Lipinski definition) is 6. The van der Waals surface area contributed by atoms with Crippen molar-refractivity contribution in [3.05, 3.63) is 77.4 Å². The van der Waals surface area contributed by atoms with Gasteiger partial charge in [-0.1, -0.05) is 0 Å². The fraction of sp³-hybridized carbons (Fsp3) is 0. The molecule has 0 amide bonds. The third-order valence-electron chi connectivity index (χ3n) is 6.20. The van der Waals surface area contributed by atoms with E-state index in [2.05, 4.69) is 60.2 Å². The summed E-state index contributed by atoms with van der Waals surface area (Å²) >= 11 is 2.35. The maximum atomic E-state index is 11.3. The molecule has 6 N–H and O–H groups in total. The molecular formula is C26H19MnN4O12S4. The van der Waals surface area contributed by atoms with E-state index >= 15 is 0 Å². The minimum atomic E-state index is -5.82. The predicted octanol–water partition coefficient (Wildman–Crippen LogP) is 2.50. The molecule has 2 aliphatic rings. The molecule has 4 aromatic rings. The molecule has 0 radical (unpaired) electrons. The zero-order valence-electron chi connectivity index (χ0n) is 23.0. The van der Waals surface area contributed by atoms with Gasteiger partial charge in [0, 0.05) is 22.1 Å². The molecular weight excluding hydrogens is 744 g/mol. The van der Waals surface area contributed by atoms with E-state index in [0.717, 1.165) is 44.8 Å². The van der Waals surface area contributed by atoms with E-state index in [0.29, 0.717) is 0 Å². The molecule has 0 aliphatic carbocycles. The number of aromatic amines is 2. The average Bonchev–Trinajstić information content (AvgIpc) is 3.72. The van der Waals surface area contributed by atoms with Crippen molar-refractivity contribution in [2.45, 2.75) is 19.6 Å². The van der Waals surface area contributed by atoms with Gasteiger partial charge in [-0.3, -0.25) is 0 Å². The zero-order chi connectivity index (χ0) is 34.5. The van der Waals surface area contributed by atoms with Crippen LogP contribution in [0.1, 0.15) is 22.8 Å². The van der Waals surface area contributed by atoms with Crippen molar-refractivity contribution in [1.29, 1.82) is 0 Å². The quantitative estimate of drug-likeness (QED) is 0.111. The van der Waals surface area contributed by atoms with Gasteiger partial charge in [-0.2, -0.15) is 0 Å². The van der Waals surface area contributed by atoms with Crippen LogP contribution in [-0.4, -0.2) is 71.8 Å². The van der Waals surface area contributed by atoms with E-state index in [1.165, 1.54) is 0 Å². The van der Waals surface area contributed by atoms with Gasteiger partial charge in [0.2, 0.25) is 0 Å². The molecule has 0 fully saturated rings.